The Bertz CT molecular complexity index is 897. The van der Waals surface area contributed by atoms with E-state index in [0.29, 0.717) is 11.1 Å². The van der Waals surface area contributed by atoms with E-state index in [4.69, 9.17) is 19.3 Å². The maximum absolute atomic E-state index is 12.0. The predicted molar refractivity (Wildman–Crippen MR) is 99.0 cm³/mol. The summed E-state index contributed by atoms with van der Waals surface area (Å²) in [5.41, 5.74) is 1.23. The van der Waals surface area contributed by atoms with E-state index in [9.17, 15) is 14.7 Å². The van der Waals surface area contributed by atoms with Gasteiger partial charge < -0.3 is 24.4 Å². The van der Waals surface area contributed by atoms with E-state index in [0.717, 1.165) is 6.08 Å². The number of carboxylic acids is 1. The van der Waals surface area contributed by atoms with E-state index in [1.165, 1.54) is 44.6 Å². The number of hydrogen-bond donors (Lipinski definition) is 2. The number of rotatable bonds is 7. The Morgan fingerprint density at radius 1 is 0.852 bits per heavy atom. The molecule has 0 aliphatic carbocycles. The molecule has 140 valence electrons. The number of phenolic OH excluding ortho intramolecular Hbond substituents is 1. The summed E-state index contributed by atoms with van der Waals surface area (Å²) in [6.45, 7) is 0. The maximum Gasteiger partial charge on any atom is 0.336 e. The largest absolute Gasteiger partial charge is 0.504 e. The summed E-state index contributed by atoms with van der Waals surface area (Å²) in [7, 11) is 2.84. The zero-order chi connectivity index (χ0) is 19.8. The first-order valence-electron chi connectivity index (χ1n) is 7.79. The van der Waals surface area contributed by atoms with Crippen LogP contribution in [0.4, 0.5) is 0 Å². The van der Waals surface area contributed by atoms with Gasteiger partial charge >= 0.3 is 11.9 Å². The highest BCUT2D eigenvalue weighted by atomic mass is 16.6. The van der Waals surface area contributed by atoms with Crippen molar-refractivity contribution in [3.8, 4) is 23.0 Å². The van der Waals surface area contributed by atoms with Gasteiger partial charge in [-0.15, -0.1) is 0 Å². The van der Waals surface area contributed by atoms with Gasteiger partial charge in [0.05, 0.1) is 14.2 Å². The molecule has 0 aliphatic heterocycles. The third kappa shape index (κ3) is 5.64. The van der Waals surface area contributed by atoms with E-state index in [-0.39, 0.29) is 23.0 Å². The molecule has 0 saturated carbocycles. The number of benzene rings is 2. The monoisotopic (exact) mass is 370 g/mol. The molecule has 0 atom stereocenters. The fraction of sp³-hybridized carbons (Fsp3) is 0.100. The summed E-state index contributed by atoms with van der Waals surface area (Å²) < 4.78 is 15.4. The molecule has 0 heterocycles. The van der Waals surface area contributed by atoms with Crippen molar-refractivity contribution < 1.29 is 34.0 Å². The number of hydrogen-bond acceptors (Lipinski definition) is 6. The summed E-state index contributed by atoms with van der Waals surface area (Å²) in [6.07, 6.45) is 5.13. The molecule has 7 heteroatoms. The summed E-state index contributed by atoms with van der Waals surface area (Å²) in [6, 6.07) is 9.30. The number of carbonyl (C=O) groups excluding carboxylic acids is 1. The summed E-state index contributed by atoms with van der Waals surface area (Å²) in [5, 5.41) is 18.2. The Morgan fingerprint density at radius 3 is 2.07 bits per heavy atom. The number of esters is 1. The fourth-order valence-electron chi connectivity index (χ4n) is 2.14. The average molecular weight is 370 g/mol. The number of aromatic hydroxyl groups is 1. The van der Waals surface area contributed by atoms with E-state index >= 15 is 0 Å². The second-order valence-electron chi connectivity index (χ2n) is 5.27. The molecule has 0 aliphatic rings. The highest BCUT2D eigenvalue weighted by Gasteiger charge is 2.09. The molecule has 0 bridgehead atoms. The van der Waals surface area contributed by atoms with E-state index < -0.39 is 11.9 Å². The maximum atomic E-state index is 12.0. The third-order valence-electron chi connectivity index (χ3n) is 3.43. The molecule has 0 unspecified atom stereocenters. The quantitative estimate of drug-likeness (QED) is 0.438. The van der Waals surface area contributed by atoms with Crippen LogP contribution in [0, 0.1) is 0 Å². The molecule has 0 fully saturated rings. The van der Waals surface area contributed by atoms with Crippen LogP contribution in [0.25, 0.3) is 12.2 Å². The number of aliphatic carboxylic acids is 1. The second-order valence-corrected chi connectivity index (χ2v) is 5.27. The van der Waals surface area contributed by atoms with Gasteiger partial charge in [-0.1, -0.05) is 12.1 Å². The Morgan fingerprint density at radius 2 is 1.44 bits per heavy atom. The van der Waals surface area contributed by atoms with Gasteiger partial charge in [-0.05, 0) is 47.5 Å². The lowest BCUT2D eigenvalue weighted by atomic mass is 10.2. The molecule has 2 aromatic rings. The van der Waals surface area contributed by atoms with Crippen LogP contribution in [-0.4, -0.2) is 36.4 Å². The molecular formula is C20H18O7. The molecular weight excluding hydrogens is 352 g/mol. The van der Waals surface area contributed by atoms with Gasteiger partial charge in [0.1, 0.15) is 0 Å². The number of ether oxygens (including phenoxy) is 3. The zero-order valence-electron chi connectivity index (χ0n) is 14.7. The lowest BCUT2D eigenvalue weighted by Crippen LogP contribution is -2.05. The Hall–Kier alpha value is -3.74. The first-order valence-corrected chi connectivity index (χ1v) is 7.79. The van der Waals surface area contributed by atoms with E-state index in [2.05, 4.69) is 0 Å². The topological polar surface area (TPSA) is 102 Å². The molecule has 27 heavy (non-hydrogen) atoms. The third-order valence-corrected chi connectivity index (χ3v) is 3.43. The first kappa shape index (κ1) is 19.6. The zero-order valence-corrected chi connectivity index (χ0v) is 14.7. The van der Waals surface area contributed by atoms with E-state index in [1.807, 2.05) is 0 Å². The molecule has 2 N–H and O–H groups in total. The van der Waals surface area contributed by atoms with Crippen LogP contribution in [0.5, 0.6) is 23.0 Å². The van der Waals surface area contributed by atoms with Crippen LogP contribution in [0.2, 0.25) is 0 Å². The van der Waals surface area contributed by atoms with Crippen LogP contribution in [0.1, 0.15) is 11.1 Å². The van der Waals surface area contributed by atoms with Crippen molar-refractivity contribution in [3.63, 3.8) is 0 Å². The van der Waals surface area contributed by atoms with Gasteiger partial charge in [0.15, 0.2) is 23.0 Å². The van der Waals surface area contributed by atoms with Crippen molar-refractivity contribution in [1.29, 1.82) is 0 Å². The lowest BCUT2D eigenvalue weighted by molar-refractivity contribution is -0.131. The van der Waals surface area contributed by atoms with Crippen molar-refractivity contribution in [3.05, 3.63) is 59.7 Å². The van der Waals surface area contributed by atoms with E-state index in [1.54, 1.807) is 24.3 Å². The fourth-order valence-corrected chi connectivity index (χ4v) is 2.14. The average Bonchev–Trinajstić information content (AvgIpc) is 2.66. The minimum absolute atomic E-state index is 0.000926. The van der Waals surface area contributed by atoms with Crippen molar-refractivity contribution in [1.82, 2.24) is 0 Å². The highest BCUT2D eigenvalue weighted by Crippen LogP contribution is 2.29. The van der Waals surface area contributed by atoms with Gasteiger partial charge in [0.2, 0.25) is 0 Å². The van der Waals surface area contributed by atoms with Crippen molar-refractivity contribution >= 4 is 24.1 Å². The van der Waals surface area contributed by atoms with Gasteiger partial charge in [0, 0.05) is 12.2 Å². The van der Waals surface area contributed by atoms with Crippen LogP contribution in [0.3, 0.4) is 0 Å². The Kier molecular flexibility index (Phi) is 6.60. The van der Waals surface area contributed by atoms with Crippen molar-refractivity contribution in [2.45, 2.75) is 0 Å². The molecule has 2 aromatic carbocycles. The smallest absolute Gasteiger partial charge is 0.336 e. The second kappa shape index (κ2) is 9.10. The van der Waals surface area contributed by atoms with Crippen LogP contribution >= 0.6 is 0 Å². The summed E-state index contributed by atoms with van der Waals surface area (Å²) in [5.74, 6) is -0.927. The summed E-state index contributed by atoms with van der Waals surface area (Å²) in [4.78, 5) is 22.6. The van der Waals surface area contributed by atoms with Crippen molar-refractivity contribution in [2.75, 3.05) is 14.2 Å². The van der Waals surface area contributed by atoms with Gasteiger partial charge in [-0.25, -0.2) is 9.59 Å². The van der Waals surface area contributed by atoms with Gasteiger partial charge in [-0.2, -0.15) is 0 Å². The number of phenols is 1. The molecule has 0 amide bonds. The van der Waals surface area contributed by atoms with Crippen LogP contribution < -0.4 is 14.2 Å². The molecule has 0 aromatic heterocycles. The Balaban J connectivity index is 2.11. The van der Waals surface area contributed by atoms with Crippen molar-refractivity contribution in [2.24, 2.45) is 0 Å². The number of carbonyl (C=O) groups is 2. The molecule has 0 spiro atoms. The SMILES string of the molecule is COc1cc(C=CC(=O)Oc2ccc(C=CC(=O)O)cc2OC)ccc1O. The molecule has 2 rings (SSSR count). The van der Waals surface area contributed by atoms with Gasteiger partial charge in [-0.3, -0.25) is 0 Å². The highest BCUT2D eigenvalue weighted by molar-refractivity contribution is 5.89. The lowest BCUT2D eigenvalue weighted by Gasteiger charge is -2.08. The normalized spacial score (nSPS) is 10.9. The van der Waals surface area contributed by atoms with Crippen LogP contribution in [-0.2, 0) is 9.59 Å². The Labute approximate surface area is 155 Å². The minimum Gasteiger partial charge on any atom is -0.504 e. The van der Waals surface area contributed by atoms with Crippen LogP contribution in [0.15, 0.2) is 48.6 Å². The number of carboxylic acid groups (broad SMARTS) is 1. The molecule has 7 nitrogen and oxygen atoms in total. The van der Waals surface area contributed by atoms with Gasteiger partial charge in [0.25, 0.3) is 0 Å². The molecule has 0 radical (unpaired) electrons. The molecule has 0 saturated heterocycles. The summed E-state index contributed by atoms with van der Waals surface area (Å²) >= 11 is 0. The minimum atomic E-state index is -1.07. The number of methoxy groups -OCH3 is 2. The standard InChI is InChI=1S/C20H18O7/c1-25-17-11-13(3-7-15(17)21)6-10-20(24)27-16-8-4-14(5-9-19(22)23)12-18(16)26-2/h3-12,21H,1-2H3,(H,22,23). The first-order chi connectivity index (χ1) is 12.9. The predicted octanol–water partition coefficient (Wildman–Crippen LogP) is 3.13.